The van der Waals surface area contributed by atoms with Crippen LogP contribution < -0.4 is 19.5 Å². The van der Waals surface area contributed by atoms with Crippen molar-refractivity contribution in [2.75, 3.05) is 55.1 Å². The lowest BCUT2D eigenvalue weighted by atomic mass is 9.99. The number of aliphatic imine (C=N–C) groups is 1. The summed E-state index contributed by atoms with van der Waals surface area (Å²) in [5, 5.41) is 3.51. The molecule has 0 atom stereocenters. The van der Waals surface area contributed by atoms with Crippen LogP contribution in [0.1, 0.15) is 16.7 Å². The van der Waals surface area contributed by atoms with Gasteiger partial charge in [0.15, 0.2) is 17.5 Å². The second-order valence-corrected chi connectivity index (χ2v) is 7.81. The van der Waals surface area contributed by atoms with Gasteiger partial charge in [-0.25, -0.2) is 0 Å². The number of guanidine groups is 1. The molecule has 0 unspecified atom stereocenters. The molecule has 3 rings (SSSR count). The quantitative estimate of drug-likeness (QED) is 0.518. The average molecular weight is 427 g/mol. The zero-order chi connectivity index (χ0) is 22.2. The maximum absolute atomic E-state index is 5.99. The van der Waals surface area contributed by atoms with E-state index in [-0.39, 0.29) is 0 Å². The van der Waals surface area contributed by atoms with E-state index in [9.17, 15) is 0 Å². The van der Waals surface area contributed by atoms with E-state index in [4.69, 9.17) is 14.2 Å². The number of para-hydroxylation sites is 1. The number of hydrogen-bond acceptors (Lipinski definition) is 5. The molecule has 2 aromatic carbocycles. The van der Waals surface area contributed by atoms with Crippen LogP contribution in [0.4, 0.5) is 0 Å². The highest BCUT2D eigenvalue weighted by Gasteiger charge is 2.21. The Kier molecular flexibility index (Phi) is 8.00. The molecule has 0 aliphatic carbocycles. The Balaban J connectivity index is 1.66. The maximum Gasteiger partial charge on any atom is 0.194 e. The molecule has 1 aliphatic rings. The smallest absolute Gasteiger partial charge is 0.194 e. The van der Waals surface area contributed by atoms with Crippen molar-refractivity contribution in [2.24, 2.45) is 4.99 Å². The van der Waals surface area contributed by atoms with Crippen LogP contribution in [-0.2, 0) is 19.5 Å². The number of hydrogen-bond donors (Lipinski definition) is 1. The molecule has 0 bridgehead atoms. The van der Waals surface area contributed by atoms with Crippen molar-refractivity contribution in [1.29, 1.82) is 0 Å². The number of nitrogens with zero attached hydrogens (tertiary/aromatic N) is 3. The molecule has 7 nitrogen and oxygen atoms in total. The lowest BCUT2D eigenvalue weighted by molar-refractivity contribution is 0.259. The topological polar surface area (TPSA) is 58.6 Å². The van der Waals surface area contributed by atoms with Crippen LogP contribution in [0, 0.1) is 0 Å². The van der Waals surface area contributed by atoms with Crippen LogP contribution >= 0.6 is 0 Å². The van der Waals surface area contributed by atoms with Gasteiger partial charge < -0.3 is 29.3 Å². The monoisotopic (exact) mass is 426 g/mol. The van der Waals surface area contributed by atoms with Gasteiger partial charge in [0, 0.05) is 38.8 Å². The molecule has 0 spiro atoms. The highest BCUT2D eigenvalue weighted by molar-refractivity contribution is 5.80. The summed E-state index contributed by atoms with van der Waals surface area (Å²) in [4.78, 5) is 8.90. The normalized spacial score (nSPS) is 13.7. The van der Waals surface area contributed by atoms with Gasteiger partial charge >= 0.3 is 0 Å². The predicted octanol–water partition coefficient (Wildman–Crippen LogP) is 2.78. The summed E-state index contributed by atoms with van der Waals surface area (Å²) in [5.74, 6) is 3.33. The van der Waals surface area contributed by atoms with Gasteiger partial charge in [-0.3, -0.25) is 4.99 Å². The van der Waals surface area contributed by atoms with Crippen molar-refractivity contribution in [3.63, 3.8) is 0 Å². The van der Waals surface area contributed by atoms with Crippen LogP contribution in [0.5, 0.6) is 17.2 Å². The van der Waals surface area contributed by atoms with Gasteiger partial charge in [-0.15, -0.1) is 0 Å². The van der Waals surface area contributed by atoms with Crippen LogP contribution in [0.3, 0.4) is 0 Å². The first-order valence-electron chi connectivity index (χ1n) is 10.6. The summed E-state index contributed by atoms with van der Waals surface area (Å²) in [6, 6.07) is 12.3. The molecule has 0 radical (unpaired) electrons. The number of ether oxygens (including phenoxy) is 3. The second-order valence-electron chi connectivity index (χ2n) is 7.81. The van der Waals surface area contributed by atoms with Crippen molar-refractivity contribution in [3.8, 4) is 17.2 Å². The first kappa shape index (κ1) is 22.7. The molecular weight excluding hydrogens is 392 g/mol. The SMILES string of the molecule is CN=C(NCc1ccccc1OCCN(C)C)N1CCc2cc(OC)c(OC)cc2C1. The number of fused-ring (bicyclic) bond motifs is 1. The Labute approximate surface area is 185 Å². The molecule has 0 saturated carbocycles. The van der Waals surface area contributed by atoms with E-state index in [1.54, 1.807) is 14.2 Å². The Morgan fingerprint density at radius 1 is 1.06 bits per heavy atom. The van der Waals surface area contributed by atoms with E-state index >= 15 is 0 Å². The third-order valence-corrected chi connectivity index (χ3v) is 5.44. The average Bonchev–Trinajstić information content (AvgIpc) is 2.79. The minimum Gasteiger partial charge on any atom is -0.493 e. The Bertz CT molecular complexity index is 898. The highest BCUT2D eigenvalue weighted by atomic mass is 16.5. The molecule has 7 heteroatoms. The van der Waals surface area contributed by atoms with E-state index < -0.39 is 0 Å². The van der Waals surface area contributed by atoms with Crippen molar-refractivity contribution >= 4 is 5.96 Å². The van der Waals surface area contributed by atoms with Crippen molar-refractivity contribution in [1.82, 2.24) is 15.1 Å². The summed E-state index contributed by atoms with van der Waals surface area (Å²) in [6.45, 7) is 3.86. The van der Waals surface area contributed by atoms with Gasteiger partial charge in [0.2, 0.25) is 0 Å². The molecule has 1 N–H and O–H groups in total. The molecule has 31 heavy (non-hydrogen) atoms. The Morgan fingerprint density at radius 2 is 1.77 bits per heavy atom. The third kappa shape index (κ3) is 5.82. The lowest BCUT2D eigenvalue weighted by Gasteiger charge is -2.32. The minimum absolute atomic E-state index is 0.653. The van der Waals surface area contributed by atoms with Crippen molar-refractivity contribution in [3.05, 3.63) is 53.1 Å². The number of methoxy groups -OCH3 is 2. The molecule has 1 aliphatic heterocycles. The Hall–Kier alpha value is -2.93. The Morgan fingerprint density at radius 3 is 2.45 bits per heavy atom. The molecule has 2 aromatic rings. The number of nitrogens with one attached hydrogen (secondary N) is 1. The summed E-state index contributed by atoms with van der Waals surface area (Å²) < 4.78 is 16.9. The van der Waals surface area contributed by atoms with Gasteiger partial charge in [0.25, 0.3) is 0 Å². The molecule has 0 aromatic heterocycles. The molecule has 0 saturated heterocycles. The van der Waals surface area contributed by atoms with Gasteiger partial charge in [0.1, 0.15) is 12.4 Å². The number of rotatable bonds is 8. The molecular formula is C24H34N4O3. The summed E-state index contributed by atoms with van der Waals surface area (Å²) in [6.07, 6.45) is 0.931. The standard InChI is InChI=1S/C24H34N4O3/c1-25-24(26-16-19-8-6-7-9-21(19)31-13-12-27(2)3)28-11-10-18-14-22(29-4)23(30-5)15-20(18)17-28/h6-9,14-15H,10-13,16-17H2,1-5H3,(H,25,26). The fraction of sp³-hybridized carbons (Fsp3) is 0.458. The fourth-order valence-electron chi connectivity index (χ4n) is 3.70. The first-order valence-corrected chi connectivity index (χ1v) is 10.6. The van der Waals surface area contributed by atoms with Crippen LogP contribution in [-0.4, -0.2) is 70.8 Å². The van der Waals surface area contributed by atoms with Gasteiger partial charge in [-0.2, -0.15) is 0 Å². The van der Waals surface area contributed by atoms with Crippen molar-refractivity contribution in [2.45, 2.75) is 19.5 Å². The van der Waals surface area contributed by atoms with E-state index in [2.05, 4.69) is 38.3 Å². The van der Waals surface area contributed by atoms with E-state index in [0.29, 0.717) is 13.2 Å². The highest BCUT2D eigenvalue weighted by Crippen LogP contribution is 2.33. The number of likely N-dealkylation sites (N-methyl/N-ethyl adjacent to an activating group) is 1. The van der Waals surface area contributed by atoms with Gasteiger partial charge in [-0.1, -0.05) is 18.2 Å². The van der Waals surface area contributed by atoms with Crippen molar-refractivity contribution < 1.29 is 14.2 Å². The molecule has 1 heterocycles. The van der Waals surface area contributed by atoms with Crippen LogP contribution in [0.25, 0.3) is 0 Å². The summed E-state index contributed by atoms with van der Waals surface area (Å²) >= 11 is 0. The maximum atomic E-state index is 5.99. The number of benzene rings is 2. The summed E-state index contributed by atoms with van der Waals surface area (Å²) in [7, 11) is 9.26. The molecule has 0 fully saturated rings. The van der Waals surface area contributed by atoms with Gasteiger partial charge in [0.05, 0.1) is 14.2 Å². The largest absolute Gasteiger partial charge is 0.493 e. The lowest BCUT2D eigenvalue weighted by Crippen LogP contribution is -2.43. The zero-order valence-corrected chi connectivity index (χ0v) is 19.3. The van der Waals surface area contributed by atoms with Gasteiger partial charge in [-0.05, 0) is 49.8 Å². The van der Waals surface area contributed by atoms with Crippen LogP contribution in [0.15, 0.2) is 41.4 Å². The van der Waals surface area contributed by atoms with E-state index in [1.807, 2.05) is 39.3 Å². The van der Waals surface area contributed by atoms with E-state index in [0.717, 1.165) is 54.8 Å². The third-order valence-electron chi connectivity index (χ3n) is 5.44. The second kappa shape index (κ2) is 10.9. The zero-order valence-electron chi connectivity index (χ0n) is 19.3. The molecule has 168 valence electrons. The first-order chi connectivity index (χ1) is 15.0. The molecule has 0 amide bonds. The van der Waals surface area contributed by atoms with Crippen LogP contribution in [0.2, 0.25) is 0 Å². The summed E-state index contributed by atoms with van der Waals surface area (Å²) in [5.41, 5.74) is 3.65. The van der Waals surface area contributed by atoms with E-state index in [1.165, 1.54) is 11.1 Å². The minimum atomic E-state index is 0.653. The predicted molar refractivity (Wildman–Crippen MR) is 124 cm³/mol. The fourth-order valence-corrected chi connectivity index (χ4v) is 3.70.